The van der Waals surface area contributed by atoms with E-state index in [4.69, 9.17) is 0 Å². The molecular weight excluding hydrogens is 331 g/mol. The molecule has 0 N–H and O–H groups in total. The van der Waals surface area contributed by atoms with Gasteiger partial charge in [-0.1, -0.05) is 35.4 Å². The van der Waals surface area contributed by atoms with Crippen molar-refractivity contribution in [1.29, 1.82) is 0 Å². The summed E-state index contributed by atoms with van der Waals surface area (Å²) in [5.41, 5.74) is 5.37. The van der Waals surface area contributed by atoms with Crippen LogP contribution in [0.15, 0.2) is 24.3 Å². The quantitative estimate of drug-likeness (QED) is 0.442. The zero-order chi connectivity index (χ0) is 18.9. The Balaban J connectivity index is 2.52. The average molecular weight is 356 g/mol. The van der Waals surface area contributed by atoms with E-state index in [0.29, 0.717) is 11.1 Å². The van der Waals surface area contributed by atoms with E-state index in [9.17, 15) is 14.2 Å². The van der Waals surface area contributed by atoms with E-state index in [1.54, 1.807) is 0 Å². The Morgan fingerprint density at radius 3 is 1.20 bits per heavy atom. The Morgan fingerprint density at radius 1 is 0.680 bits per heavy atom. The van der Waals surface area contributed by atoms with Crippen LogP contribution in [0, 0.1) is 41.5 Å². The van der Waals surface area contributed by atoms with Crippen LogP contribution in [0.1, 0.15) is 54.1 Å². The van der Waals surface area contributed by atoms with Crippen LogP contribution >= 0.6 is 8.46 Å². The van der Waals surface area contributed by atoms with Gasteiger partial charge in [0.15, 0.2) is 11.6 Å². The number of carbonyl (C=O) groups is 2. The Kier molecular flexibility index (Phi) is 5.80. The molecule has 3 nitrogen and oxygen atoms in total. The lowest BCUT2D eigenvalue weighted by atomic mass is 9.90. The molecule has 132 valence electrons. The minimum absolute atomic E-state index is 0.329. The summed E-state index contributed by atoms with van der Waals surface area (Å²) in [4.78, 5) is 26.1. The molecule has 2 rings (SSSR count). The maximum absolute atomic E-state index is 13.0. The first-order chi connectivity index (χ1) is 11.7. The van der Waals surface area contributed by atoms with Crippen molar-refractivity contribution in [2.45, 2.75) is 47.2 Å². The molecule has 25 heavy (non-hydrogen) atoms. The van der Waals surface area contributed by atoms with Gasteiger partial charge in [-0.05, 0) is 63.8 Å². The molecule has 1 atom stereocenters. The van der Waals surface area contributed by atoms with Crippen LogP contribution in [0.4, 0.5) is 0 Å². The number of ketones is 2. The summed E-state index contributed by atoms with van der Waals surface area (Å²) in [7, 11) is -1.55. The first-order valence-corrected chi connectivity index (χ1v) is 9.50. The zero-order valence-corrected chi connectivity index (χ0v) is 16.8. The molecule has 0 radical (unpaired) electrons. The van der Waals surface area contributed by atoms with E-state index < -0.39 is 14.1 Å². The van der Waals surface area contributed by atoms with E-state index in [1.165, 1.54) is 0 Å². The molecule has 0 bridgehead atoms. The van der Waals surface area contributed by atoms with Crippen LogP contribution in [-0.2, 0) is 4.57 Å². The van der Waals surface area contributed by atoms with E-state index in [2.05, 4.69) is 0 Å². The average Bonchev–Trinajstić information content (AvgIpc) is 2.45. The molecule has 0 aliphatic rings. The smallest absolute Gasteiger partial charge is 0.181 e. The molecule has 0 aliphatic heterocycles. The van der Waals surface area contributed by atoms with Gasteiger partial charge in [0.05, 0.1) is 8.46 Å². The van der Waals surface area contributed by atoms with Crippen LogP contribution in [0.3, 0.4) is 0 Å². The van der Waals surface area contributed by atoms with Crippen molar-refractivity contribution in [2.24, 2.45) is 0 Å². The highest BCUT2D eigenvalue weighted by Gasteiger charge is 2.31. The fraction of sp³-hybridized carbons (Fsp3) is 0.333. The number of aryl methyl sites for hydroxylation is 6. The molecule has 1 unspecified atom stereocenters. The number of rotatable bonds is 5. The van der Waals surface area contributed by atoms with Gasteiger partial charge in [0.2, 0.25) is 0 Å². The summed E-state index contributed by atoms with van der Waals surface area (Å²) in [6.07, 6.45) is 0. The van der Waals surface area contributed by atoms with Crippen molar-refractivity contribution < 1.29 is 14.2 Å². The van der Waals surface area contributed by atoms with Gasteiger partial charge in [-0.3, -0.25) is 9.59 Å². The maximum Gasteiger partial charge on any atom is 0.181 e. The van der Waals surface area contributed by atoms with Crippen molar-refractivity contribution in [3.8, 4) is 0 Å². The number of hydrogen-bond acceptors (Lipinski definition) is 3. The highest BCUT2D eigenvalue weighted by atomic mass is 31.1. The van der Waals surface area contributed by atoms with Crippen molar-refractivity contribution in [1.82, 2.24) is 0 Å². The molecule has 0 fully saturated rings. The monoisotopic (exact) mass is 356 g/mol. The lowest BCUT2D eigenvalue weighted by Gasteiger charge is -2.17. The maximum atomic E-state index is 13.0. The van der Waals surface area contributed by atoms with Crippen LogP contribution in [0.25, 0.3) is 0 Å². The molecule has 0 heterocycles. The molecular formula is C21H25O3P. The largest absolute Gasteiger partial charge is 0.329 e. The van der Waals surface area contributed by atoms with E-state index in [0.717, 1.165) is 33.4 Å². The summed E-state index contributed by atoms with van der Waals surface area (Å²) in [6.45, 7) is 11.4. The van der Waals surface area contributed by atoms with E-state index in [1.807, 2.05) is 65.8 Å². The molecule has 0 amide bonds. The minimum atomic E-state index is -1.55. The third-order valence-electron chi connectivity index (χ3n) is 4.55. The number of benzene rings is 2. The lowest BCUT2D eigenvalue weighted by Crippen LogP contribution is -2.28. The minimum Gasteiger partial charge on any atom is -0.329 e. The van der Waals surface area contributed by atoms with Crippen LogP contribution in [0.5, 0.6) is 0 Å². The molecule has 0 saturated heterocycles. The third-order valence-corrected chi connectivity index (χ3v) is 5.43. The molecule has 0 saturated carbocycles. The first-order valence-electron chi connectivity index (χ1n) is 8.36. The van der Waals surface area contributed by atoms with Crippen molar-refractivity contribution in [2.75, 3.05) is 0 Å². The predicted molar refractivity (Wildman–Crippen MR) is 104 cm³/mol. The van der Waals surface area contributed by atoms with Gasteiger partial charge in [0, 0.05) is 11.1 Å². The first kappa shape index (κ1) is 19.3. The molecule has 0 aromatic heterocycles. The number of carbonyl (C=O) groups excluding carboxylic acids is 2. The summed E-state index contributed by atoms with van der Waals surface area (Å²) < 4.78 is 11.9. The fourth-order valence-electron chi connectivity index (χ4n) is 3.69. The van der Waals surface area contributed by atoms with E-state index >= 15 is 0 Å². The van der Waals surface area contributed by atoms with Crippen molar-refractivity contribution >= 4 is 20.0 Å². The SMILES string of the molecule is Cc1cc(C)c(C(=O)C([PH2]=O)C(=O)c2c(C)cc(C)cc2C)c(C)c1. The normalized spacial score (nSPS) is 11.5. The highest BCUT2D eigenvalue weighted by Crippen LogP contribution is 2.27. The Morgan fingerprint density at radius 2 is 0.960 bits per heavy atom. The summed E-state index contributed by atoms with van der Waals surface area (Å²) >= 11 is 0. The summed E-state index contributed by atoms with van der Waals surface area (Å²) in [5.74, 6) is -0.659. The second-order valence-electron chi connectivity index (χ2n) is 6.89. The summed E-state index contributed by atoms with van der Waals surface area (Å²) in [6, 6.07) is 7.68. The van der Waals surface area contributed by atoms with Crippen LogP contribution in [0.2, 0.25) is 0 Å². The van der Waals surface area contributed by atoms with Gasteiger partial charge in [0.25, 0.3) is 0 Å². The third kappa shape index (κ3) is 3.82. The molecule has 0 spiro atoms. The molecule has 2 aromatic carbocycles. The van der Waals surface area contributed by atoms with Gasteiger partial charge in [-0.2, -0.15) is 0 Å². The Hall–Kier alpha value is -1.99. The highest BCUT2D eigenvalue weighted by molar-refractivity contribution is 7.28. The van der Waals surface area contributed by atoms with Gasteiger partial charge in [0.1, 0.15) is 5.66 Å². The van der Waals surface area contributed by atoms with Crippen molar-refractivity contribution in [3.05, 3.63) is 68.8 Å². The predicted octanol–water partition coefficient (Wildman–Crippen LogP) is 4.73. The van der Waals surface area contributed by atoms with Gasteiger partial charge < -0.3 is 4.57 Å². The van der Waals surface area contributed by atoms with Crippen LogP contribution in [-0.4, -0.2) is 17.2 Å². The van der Waals surface area contributed by atoms with Crippen LogP contribution < -0.4 is 0 Å². The molecule has 2 aromatic rings. The Bertz CT molecular complexity index is 765. The lowest BCUT2D eigenvalue weighted by molar-refractivity contribution is 0.0900. The second-order valence-corrected chi connectivity index (χ2v) is 7.83. The summed E-state index contributed by atoms with van der Waals surface area (Å²) in [5, 5.41) is 0. The molecule has 4 heteroatoms. The van der Waals surface area contributed by atoms with Gasteiger partial charge in [-0.25, -0.2) is 0 Å². The second kappa shape index (κ2) is 7.49. The standard InChI is InChI=1S/C21H25O3P/c1-11-7-13(3)17(14(4)8-11)19(22)21(25-24)20(23)18-15(5)9-12(2)10-16(18)6/h7-10,21H,25H2,1-6H3. The van der Waals surface area contributed by atoms with Crippen molar-refractivity contribution in [3.63, 3.8) is 0 Å². The van der Waals surface area contributed by atoms with Gasteiger partial charge in [-0.15, -0.1) is 0 Å². The molecule has 0 aliphatic carbocycles. The van der Waals surface area contributed by atoms with E-state index in [-0.39, 0.29) is 11.6 Å². The topological polar surface area (TPSA) is 51.2 Å². The zero-order valence-electron chi connectivity index (χ0n) is 15.7. The number of Topliss-reactive ketones (excluding diaryl/α,β-unsaturated/α-hetero) is 2. The fourth-order valence-corrected chi connectivity index (χ4v) is 4.27. The Labute approximate surface area is 150 Å². The number of hydrogen-bond donors (Lipinski definition) is 0. The van der Waals surface area contributed by atoms with Gasteiger partial charge >= 0.3 is 0 Å².